The molecule has 5 heteroatoms. The standard InChI is InChI=1S/C14H16O5/c1-9(7-14(16)17)6-11(15)10-2-3-12-13(8-10)19-5-4-18-12/h2-3,8-9H,4-7H2,1H3,(H,16,17)/t9-/m0/s1. The summed E-state index contributed by atoms with van der Waals surface area (Å²) in [6.45, 7) is 2.74. The van der Waals surface area contributed by atoms with Crippen LogP contribution in [0, 0.1) is 5.92 Å². The zero-order valence-electron chi connectivity index (χ0n) is 10.7. The number of rotatable bonds is 5. The van der Waals surface area contributed by atoms with Gasteiger partial charge in [0.15, 0.2) is 17.3 Å². The molecule has 0 amide bonds. The first-order chi connectivity index (χ1) is 9.06. The normalized spacial score (nSPS) is 14.8. The van der Waals surface area contributed by atoms with Gasteiger partial charge in [-0.2, -0.15) is 0 Å². The minimum atomic E-state index is -0.887. The van der Waals surface area contributed by atoms with Crippen molar-refractivity contribution in [2.45, 2.75) is 19.8 Å². The molecule has 1 N–H and O–H groups in total. The number of fused-ring (bicyclic) bond motifs is 1. The average molecular weight is 264 g/mol. The molecule has 1 aromatic carbocycles. The Kier molecular flexibility index (Phi) is 4.04. The van der Waals surface area contributed by atoms with E-state index >= 15 is 0 Å². The first kappa shape index (κ1) is 13.4. The summed E-state index contributed by atoms with van der Waals surface area (Å²) in [7, 11) is 0. The minimum absolute atomic E-state index is 0.00368. The summed E-state index contributed by atoms with van der Waals surface area (Å²) in [5, 5.41) is 8.68. The molecule has 0 fully saturated rings. The number of carboxylic acids is 1. The molecule has 5 nitrogen and oxygen atoms in total. The number of aliphatic carboxylic acids is 1. The molecule has 0 aliphatic carbocycles. The maximum Gasteiger partial charge on any atom is 0.303 e. The molecule has 0 aromatic heterocycles. The second kappa shape index (κ2) is 5.73. The number of ether oxygens (including phenoxy) is 2. The van der Waals surface area contributed by atoms with Gasteiger partial charge in [-0.3, -0.25) is 9.59 Å². The molecular weight excluding hydrogens is 248 g/mol. The first-order valence-electron chi connectivity index (χ1n) is 6.21. The molecule has 0 bridgehead atoms. The van der Waals surface area contributed by atoms with E-state index in [0.717, 1.165) is 0 Å². The van der Waals surface area contributed by atoms with Crippen molar-refractivity contribution in [2.24, 2.45) is 5.92 Å². The molecule has 0 saturated carbocycles. The van der Waals surface area contributed by atoms with Gasteiger partial charge in [0, 0.05) is 18.4 Å². The molecule has 2 rings (SSSR count). The van der Waals surface area contributed by atoms with Crippen LogP contribution < -0.4 is 9.47 Å². The van der Waals surface area contributed by atoms with Gasteiger partial charge < -0.3 is 14.6 Å². The van der Waals surface area contributed by atoms with E-state index < -0.39 is 5.97 Å². The van der Waals surface area contributed by atoms with Gasteiger partial charge in [0.25, 0.3) is 0 Å². The number of carbonyl (C=O) groups is 2. The summed E-state index contributed by atoms with van der Waals surface area (Å²) in [5.74, 6) is 0.0655. The van der Waals surface area contributed by atoms with Crippen LogP contribution in [0.5, 0.6) is 11.5 Å². The number of ketones is 1. The van der Waals surface area contributed by atoms with E-state index in [4.69, 9.17) is 14.6 Å². The fraction of sp³-hybridized carbons (Fsp3) is 0.429. The van der Waals surface area contributed by atoms with Gasteiger partial charge >= 0.3 is 5.97 Å². The molecular formula is C14H16O5. The van der Waals surface area contributed by atoms with Gasteiger partial charge in [-0.15, -0.1) is 0 Å². The summed E-state index contributed by atoms with van der Waals surface area (Å²) in [6.07, 6.45) is 0.211. The zero-order chi connectivity index (χ0) is 13.8. The van der Waals surface area contributed by atoms with Crippen molar-refractivity contribution in [3.63, 3.8) is 0 Å². The van der Waals surface area contributed by atoms with Crippen LogP contribution in [0.25, 0.3) is 0 Å². The Bertz CT molecular complexity index is 495. The molecule has 1 aromatic rings. The lowest BCUT2D eigenvalue weighted by atomic mass is 9.97. The van der Waals surface area contributed by atoms with Crippen molar-refractivity contribution in [2.75, 3.05) is 13.2 Å². The summed E-state index contributed by atoms with van der Waals surface area (Å²) >= 11 is 0. The van der Waals surface area contributed by atoms with E-state index in [2.05, 4.69) is 0 Å². The highest BCUT2D eigenvalue weighted by Gasteiger charge is 2.17. The van der Waals surface area contributed by atoms with Crippen molar-refractivity contribution >= 4 is 11.8 Å². The highest BCUT2D eigenvalue weighted by atomic mass is 16.6. The van der Waals surface area contributed by atoms with E-state index in [0.29, 0.717) is 30.3 Å². The van der Waals surface area contributed by atoms with Crippen LogP contribution in [-0.2, 0) is 4.79 Å². The quantitative estimate of drug-likeness (QED) is 0.825. The Labute approximate surface area is 111 Å². The van der Waals surface area contributed by atoms with Crippen molar-refractivity contribution in [1.29, 1.82) is 0 Å². The number of carboxylic acid groups (broad SMARTS) is 1. The second-order valence-corrected chi connectivity index (χ2v) is 4.69. The predicted molar refractivity (Wildman–Crippen MR) is 67.8 cm³/mol. The fourth-order valence-corrected chi connectivity index (χ4v) is 2.02. The van der Waals surface area contributed by atoms with E-state index in [1.54, 1.807) is 25.1 Å². The van der Waals surface area contributed by atoms with Crippen LogP contribution in [0.4, 0.5) is 0 Å². The van der Waals surface area contributed by atoms with Gasteiger partial charge in [0.05, 0.1) is 0 Å². The van der Waals surface area contributed by atoms with E-state index in [-0.39, 0.29) is 24.5 Å². The van der Waals surface area contributed by atoms with Gasteiger partial charge in [-0.1, -0.05) is 6.92 Å². The zero-order valence-corrected chi connectivity index (χ0v) is 10.7. The Hall–Kier alpha value is -2.04. The third-order valence-corrected chi connectivity index (χ3v) is 2.92. The van der Waals surface area contributed by atoms with Gasteiger partial charge in [0.2, 0.25) is 0 Å². The highest BCUT2D eigenvalue weighted by Crippen LogP contribution is 2.31. The van der Waals surface area contributed by atoms with Crippen molar-refractivity contribution < 1.29 is 24.2 Å². The predicted octanol–water partition coefficient (Wildman–Crippen LogP) is 2.14. The number of benzene rings is 1. The minimum Gasteiger partial charge on any atom is -0.486 e. The van der Waals surface area contributed by atoms with Crippen LogP contribution in [0.15, 0.2) is 18.2 Å². The molecule has 0 radical (unpaired) electrons. The lowest BCUT2D eigenvalue weighted by Crippen LogP contribution is -2.16. The van der Waals surface area contributed by atoms with E-state index in [9.17, 15) is 9.59 Å². The lowest BCUT2D eigenvalue weighted by molar-refractivity contribution is -0.137. The number of hydrogen-bond acceptors (Lipinski definition) is 4. The summed E-state index contributed by atoms with van der Waals surface area (Å²) in [4.78, 5) is 22.6. The molecule has 1 atom stereocenters. The van der Waals surface area contributed by atoms with E-state index in [1.165, 1.54) is 0 Å². The Morgan fingerprint density at radius 1 is 1.21 bits per heavy atom. The maximum atomic E-state index is 12.0. The maximum absolute atomic E-state index is 12.0. The third-order valence-electron chi connectivity index (χ3n) is 2.92. The van der Waals surface area contributed by atoms with Crippen LogP contribution in [0.3, 0.4) is 0 Å². The van der Waals surface area contributed by atoms with Crippen molar-refractivity contribution in [3.05, 3.63) is 23.8 Å². The largest absolute Gasteiger partial charge is 0.486 e. The van der Waals surface area contributed by atoms with Gasteiger partial charge in [-0.05, 0) is 24.1 Å². The summed E-state index contributed by atoms with van der Waals surface area (Å²) in [5.41, 5.74) is 0.529. The van der Waals surface area contributed by atoms with Crippen LogP contribution in [-0.4, -0.2) is 30.1 Å². The lowest BCUT2D eigenvalue weighted by Gasteiger charge is -2.18. The highest BCUT2D eigenvalue weighted by molar-refractivity contribution is 5.97. The van der Waals surface area contributed by atoms with Crippen molar-refractivity contribution in [1.82, 2.24) is 0 Å². The smallest absolute Gasteiger partial charge is 0.303 e. The van der Waals surface area contributed by atoms with Crippen LogP contribution in [0.1, 0.15) is 30.1 Å². The first-order valence-corrected chi connectivity index (χ1v) is 6.21. The van der Waals surface area contributed by atoms with Crippen molar-refractivity contribution in [3.8, 4) is 11.5 Å². The number of carbonyl (C=O) groups excluding carboxylic acids is 1. The Morgan fingerprint density at radius 2 is 1.89 bits per heavy atom. The van der Waals surface area contributed by atoms with Crippen LogP contribution in [0.2, 0.25) is 0 Å². The summed E-state index contributed by atoms with van der Waals surface area (Å²) < 4.78 is 10.8. The molecule has 0 spiro atoms. The van der Waals surface area contributed by atoms with E-state index in [1.807, 2.05) is 0 Å². The molecule has 0 unspecified atom stereocenters. The molecule has 19 heavy (non-hydrogen) atoms. The third kappa shape index (κ3) is 3.47. The van der Waals surface area contributed by atoms with Gasteiger partial charge in [-0.25, -0.2) is 0 Å². The number of Topliss-reactive ketones (excluding diaryl/α,β-unsaturated/α-hetero) is 1. The van der Waals surface area contributed by atoms with Crippen LogP contribution >= 0.6 is 0 Å². The molecule has 1 aliphatic rings. The monoisotopic (exact) mass is 264 g/mol. The number of hydrogen-bond donors (Lipinski definition) is 1. The topological polar surface area (TPSA) is 72.8 Å². The van der Waals surface area contributed by atoms with Gasteiger partial charge in [0.1, 0.15) is 13.2 Å². The fourth-order valence-electron chi connectivity index (χ4n) is 2.02. The Morgan fingerprint density at radius 3 is 2.58 bits per heavy atom. The SMILES string of the molecule is C[C@H](CC(=O)O)CC(=O)c1ccc2c(c1)OCCO2. The molecule has 0 saturated heterocycles. The second-order valence-electron chi connectivity index (χ2n) is 4.69. The molecule has 1 heterocycles. The Balaban J connectivity index is 2.05. The molecule has 1 aliphatic heterocycles. The summed E-state index contributed by atoms with van der Waals surface area (Å²) in [6, 6.07) is 5.05. The molecule has 102 valence electrons. The average Bonchev–Trinajstić information content (AvgIpc) is 2.37.